The lowest BCUT2D eigenvalue weighted by molar-refractivity contribution is 0.626. The van der Waals surface area contributed by atoms with Gasteiger partial charge < -0.3 is 0 Å². The fourth-order valence-corrected chi connectivity index (χ4v) is 3.23. The molecule has 0 unspecified atom stereocenters. The molecular formula is C13H7BrCl2FN3. The Morgan fingerprint density at radius 2 is 2.15 bits per heavy atom. The van der Waals surface area contributed by atoms with Gasteiger partial charge in [0.05, 0.1) is 16.6 Å². The average Bonchev–Trinajstić information content (AvgIpc) is 2.76. The lowest BCUT2D eigenvalue weighted by Crippen LogP contribution is -2.02. The van der Waals surface area contributed by atoms with Gasteiger partial charge in [-0.2, -0.15) is 0 Å². The standard InChI is InChI=1S/C13H7BrCl2FN3/c14-8-4-7(17)5-9(16)12(8)20-11(6-15)19-10-2-1-3-18-13(10)20/h1-5H,6H2. The molecule has 0 aliphatic heterocycles. The van der Waals surface area contributed by atoms with Crippen molar-refractivity contribution in [1.29, 1.82) is 0 Å². The minimum atomic E-state index is -0.421. The third-order valence-electron chi connectivity index (χ3n) is 2.81. The van der Waals surface area contributed by atoms with Gasteiger partial charge in [-0.05, 0) is 40.2 Å². The monoisotopic (exact) mass is 373 g/mol. The van der Waals surface area contributed by atoms with Crippen molar-refractivity contribution in [3.8, 4) is 5.69 Å². The third-order valence-corrected chi connectivity index (χ3v) is 3.94. The largest absolute Gasteiger partial charge is 0.277 e. The summed E-state index contributed by atoms with van der Waals surface area (Å²) < 4.78 is 15.6. The first kappa shape index (κ1) is 13.8. The topological polar surface area (TPSA) is 30.7 Å². The lowest BCUT2D eigenvalue weighted by atomic mass is 10.3. The van der Waals surface area contributed by atoms with Crippen LogP contribution in [0.5, 0.6) is 0 Å². The maximum atomic E-state index is 13.4. The summed E-state index contributed by atoms with van der Waals surface area (Å²) in [4.78, 5) is 8.71. The van der Waals surface area contributed by atoms with Gasteiger partial charge in [0, 0.05) is 10.7 Å². The molecule has 0 fully saturated rings. The number of halogens is 4. The summed E-state index contributed by atoms with van der Waals surface area (Å²) in [6.45, 7) is 0. The number of nitrogens with zero attached hydrogens (tertiary/aromatic N) is 3. The molecule has 3 nitrogen and oxygen atoms in total. The SMILES string of the molecule is Fc1cc(Cl)c(-n2c(CCl)nc3cccnc32)c(Br)c1. The van der Waals surface area contributed by atoms with E-state index in [1.807, 2.05) is 6.07 Å². The predicted octanol–water partition coefficient (Wildman–Crippen LogP) is 4.71. The van der Waals surface area contributed by atoms with Gasteiger partial charge in [0.25, 0.3) is 0 Å². The molecule has 1 aromatic carbocycles. The first-order valence-electron chi connectivity index (χ1n) is 5.65. The molecule has 0 saturated heterocycles. The Morgan fingerprint density at radius 3 is 2.85 bits per heavy atom. The van der Waals surface area contributed by atoms with Crippen molar-refractivity contribution in [3.63, 3.8) is 0 Å². The fraction of sp³-hybridized carbons (Fsp3) is 0.0769. The number of fused-ring (bicyclic) bond motifs is 1. The Bertz CT molecular complexity index is 780. The van der Waals surface area contributed by atoms with Crippen LogP contribution < -0.4 is 0 Å². The molecule has 0 N–H and O–H groups in total. The van der Waals surface area contributed by atoms with Crippen molar-refractivity contribution >= 4 is 50.3 Å². The van der Waals surface area contributed by atoms with E-state index in [0.29, 0.717) is 27.1 Å². The van der Waals surface area contributed by atoms with Crippen LogP contribution in [-0.4, -0.2) is 14.5 Å². The van der Waals surface area contributed by atoms with E-state index in [9.17, 15) is 4.39 Å². The van der Waals surface area contributed by atoms with Crippen LogP contribution in [0.15, 0.2) is 34.9 Å². The first-order valence-corrected chi connectivity index (χ1v) is 7.35. The number of rotatable bonds is 2. The lowest BCUT2D eigenvalue weighted by Gasteiger charge is -2.11. The summed E-state index contributed by atoms with van der Waals surface area (Å²) in [6.07, 6.45) is 1.66. The number of aromatic nitrogens is 3. The molecule has 2 aromatic heterocycles. The number of benzene rings is 1. The highest BCUT2D eigenvalue weighted by molar-refractivity contribution is 9.10. The van der Waals surface area contributed by atoms with Crippen LogP contribution in [0.4, 0.5) is 4.39 Å². The van der Waals surface area contributed by atoms with Crippen LogP contribution in [-0.2, 0) is 5.88 Å². The van der Waals surface area contributed by atoms with Crippen molar-refractivity contribution in [3.05, 3.63) is 51.6 Å². The molecular weight excluding hydrogens is 368 g/mol. The van der Waals surface area contributed by atoms with E-state index in [0.717, 1.165) is 0 Å². The number of alkyl halides is 1. The van der Waals surface area contributed by atoms with E-state index in [1.54, 1.807) is 16.8 Å². The molecule has 3 rings (SSSR count). The molecule has 2 heterocycles. The number of hydrogen-bond donors (Lipinski definition) is 0. The van der Waals surface area contributed by atoms with Crippen LogP contribution in [0.3, 0.4) is 0 Å². The first-order chi connectivity index (χ1) is 9.61. The molecule has 0 atom stereocenters. The maximum Gasteiger partial charge on any atom is 0.164 e. The number of hydrogen-bond acceptors (Lipinski definition) is 2. The van der Waals surface area contributed by atoms with Gasteiger partial charge in [0.1, 0.15) is 17.2 Å². The molecule has 0 radical (unpaired) electrons. The molecule has 102 valence electrons. The predicted molar refractivity (Wildman–Crippen MR) is 81.1 cm³/mol. The highest BCUT2D eigenvalue weighted by atomic mass is 79.9. The normalized spacial score (nSPS) is 11.2. The maximum absolute atomic E-state index is 13.4. The molecule has 0 aliphatic rings. The number of imidazole rings is 1. The molecule has 0 amide bonds. The van der Waals surface area contributed by atoms with Gasteiger partial charge >= 0.3 is 0 Å². The van der Waals surface area contributed by atoms with Crippen LogP contribution >= 0.6 is 39.1 Å². The molecule has 7 heteroatoms. The quantitative estimate of drug-likeness (QED) is 0.608. The summed E-state index contributed by atoms with van der Waals surface area (Å²) >= 11 is 15.4. The third kappa shape index (κ3) is 2.20. The summed E-state index contributed by atoms with van der Waals surface area (Å²) in [6, 6.07) is 6.21. The molecule has 20 heavy (non-hydrogen) atoms. The van der Waals surface area contributed by atoms with Crippen LogP contribution in [0.1, 0.15) is 5.82 Å². The second-order valence-corrected chi connectivity index (χ2v) is 5.59. The van der Waals surface area contributed by atoms with E-state index in [2.05, 4.69) is 25.9 Å². The van der Waals surface area contributed by atoms with Gasteiger partial charge in [0.15, 0.2) is 5.65 Å². The summed E-state index contributed by atoms with van der Waals surface area (Å²) in [5.41, 5.74) is 1.90. The Hall–Kier alpha value is -1.17. The summed E-state index contributed by atoms with van der Waals surface area (Å²) in [5.74, 6) is 0.362. The zero-order chi connectivity index (χ0) is 14.3. The second kappa shape index (κ2) is 5.31. The zero-order valence-electron chi connectivity index (χ0n) is 9.95. The van der Waals surface area contributed by atoms with Crippen molar-refractivity contribution in [2.75, 3.05) is 0 Å². The Balaban J connectivity index is 2.40. The molecule has 0 spiro atoms. The van der Waals surface area contributed by atoms with Crippen LogP contribution in [0.2, 0.25) is 5.02 Å². The minimum absolute atomic E-state index is 0.191. The average molecular weight is 375 g/mol. The van der Waals surface area contributed by atoms with Crippen molar-refractivity contribution in [1.82, 2.24) is 14.5 Å². The molecule has 0 saturated carbocycles. The fourth-order valence-electron chi connectivity index (χ4n) is 2.03. The van der Waals surface area contributed by atoms with Crippen LogP contribution in [0.25, 0.3) is 16.9 Å². The summed E-state index contributed by atoms with van der Waals surface area (Å²) in [5, 5.41) is 0.258. The molecule has 3 aromatic rings. The number of pyridine rings is 1. The second-order valence-electron chi connectivity index (χ2n) is 4.06. The molecule has 0 bridgehead atoms. The minimum Gasteiger partial charge on any atom is -0.277 e. The van der Waals surface area contributed by atoms with E-state index in [4.69, 9.17) is 23.2 Å². The van der Waals surface area contributed by atoms with Crippen molar-refractivity contribution in [2.24, 2.45) is 0 Å². The highest BCUT2D eigenvalue weighted by Gasteiger charge is 2.18. The van der Waals surface area contributed by atoms with Crippen LogP contribution in [0, 0.1) is 5.82 Å². The Kier molecular flexibility index (Phi) is 3.67. The van der Waals surface area contributed by atoms with Gasteiger partial charge in [-0.15, -0.1) is 11.6 Å². The van der Waals surface area contributed by atoms with Gasteiger partial charge in [0.2, 0.25) is 0 Å². The van der Waals surface area contributed by atoms with E-state index < -0.39 is 5.82 Å². The zero-order valence-corrected chi connectivity index (χ0v) is 13.0. The van der Waals surface area contributed by atoms with Crippen molar-refractivity contribution < 1.29 is 4.39 Å². The van der Waals surface area contributed by atoms with E-state index in [1.165, 1.54) is 12.1 Å². The van der Waals surface area contributed by atoms with Gasteiger partial charge in [-0.25, -0.2) is 14.4 Å². The Morgan fingerprint density at radius 1 is 1.35 bits per heavy atom. The highest BCUT2D eigenvalue weighted by Crippen LogP contribution is 2.33. The summed E-state index contributed by atoms with van der Waals surface area (Å²) in [7, 11) is 0. The van der Waals surface area contributed by atoms with Gasteiger partial charge in [-0.3, -0.25) is 4.57 Å². The smallest absolute Gasteiger partial charge is 0.164 e. The van der Waals surface area contributed by atoms with E-state index in [-0.39, 0.29) is 10.9 Å². The van der Waals surface area contributed by atoms with Crippen molar-refractivity contribution in [2.45, 2.75) is 5.88 Å². The molecule has 0 aliphatic carbocycles. The Labute approximate surface area is 132 Å². The van der Waals surface area contributed by atoms with E-state index >= 15 is 0 Å². The van der Waals surface area contributed by atoms with Gasteiger partial charge in [-0.1, -0.05) is 11.6 Å².